The van der Waals surface area contributed by atoms with Crippen molar-refractivity contribution in [3.8, 4) is 0 Å². The number of rotatable bonds is 5. The summed E-state index contributed by atoms with van der Waals surface area (Å²) >= 11 is 1.76. The van der Waals surface area contributed by atoms with E-state index in [0.29, 0.717) is 0 Å². The summed E-state index contributed by atoms with van der Waals surface area (Å²) in [6.45, 7) is 5.75. The van der Waals surface area contributed by atoms with Crippen LogP contribution in [-0.2, 0) is 9.53 Å². The Morgan fingerprint density at radius 2 is 2.36 bits per heavy atom. The molecule has 0 saturated heterocycles. The molecule has 0 aromatic heterocycles. The van der Waals surface area contributed by atoms with Gasteiger partial charge >= 0.3 is 5.97 Å². The maximum Gasteiger partial charge on any atom is 0.308 e. The van der Waals surface area contributed by atoms with Gasteiger partial charge in [0.05, 0.1) is 5.92 Å². The minimum atomic E-state index is -0.0449. The van der Waals surface area contributed by atoms with Crippen molar-refractivity contribution in [2.75, 3.05) is 12.0 Å². The van der Waals surface area contributed by atoms with Gasteiger partial charge in [0.15, 0.2) is 0 Å². The Balaban J connectivity index is 2.17. The van der Waals surface area contributed by atoms with Crippen LogP contribution in [-0.4, -0.2) is 24.1 Å². The van der Waals surface area contributed by atoms with Gasteiger partial charge in [-0.2, -0.15) is 11.8 Å². The summed E-state index contributed by atoms with van der Waals surface area (Å²) in [6.07, 6.45) is 4.80. The van der Waals surface area contributed by atoms with Crippen LogP contribution in [0.4, 0.5) is 0 Å². The highest BCUT2D eigenvalue weighted by atomic mass is 32.2. The molecular weight excluding hydrogens is 196 g/mol. The van der Waals surface area contributed by atoms with E-state index in [1.54, 1.807) is 11.8 Å². The van der Waals surface area contributed by atoms with Gasteiger partial charge in [-0.25, -0.2) is 0 Å². The molecule has 3 heteroatoms. The molecule has 1 aliphatic rings. The average Bonchev–Trinajstić information content (AvgIpc) is 2.11. The maximum absolute atomic E-state index is 11.5. The molecule has 1 aliphatic carbocycles. The molecule has 0 aromatic carbocycles. The van der Waals surface area contributed by atoms with E-state index in [4.69, 9.17) is 4.74 Å². The van der Waals surface area contributed by atoms with E-state index in [-0.39, 0.29) is 18.0 Å². The molecule has 1 rings (SSSR count). The molecular formula is C11H18O2S. The lowest BCUT2D eigenvalue weighted by atomic mass is 9.90. The quantitative estimate of drug-likeness (QED) is 0.520. The van der Waals surface area contributed by atoms with Gasteiger partial charge in [-0.1, -0.05) is 19.1 Å². The molecule has 0 bridgehead atoms. The first-order valence-corrected chi connectivity index (χ1v) is 6.39. The minimum absolute atomic E-state index is 0.0383. The SMILES string of the molecule is C=C1CC(OC(=O)C(C)CCSC)C1. The number of carbonyl (C=O) groups is 1. The van der Waals surface area contributed by atoms with Gasteiger partial charge in [0.25, 0.3) is 0 Å². The fourth-order valence-electron chi connectivity index (χ4n) is 1.36. The van der Waals surface area contributed by atoms with E-state index in [0.717, 1.165) is 25.0 Å². The lowest BCUT2D eigenvalue weighted by Gasteiger charge is -2.29. The van der Waals surface area contributed by atoms with Crippen LogP contribution in [0.2, 0.25) is 0 Å². The van der Waals surface area contributed by atoms with Crippen molar-refractivity contribution in [3.05, 3.63) is 12.2 Å². The van der Waals surface area contributed by atoms with Crippen molar-refractivity contribution < 1.29 is 9.53 Å². The predicted octanol–water partition coefficient (Wildman–Crippen LogP) is 2.64. The Labute approximate surface area is 90.1 Å². The fraction of sp³-hybridized carbons (Fsp3) is 0.727. The third-order valence-electron chi connectivity index (χ3n) is 2.47. The zero-order valence-corrected chi connectivity index (χ0v) is 9.73. The number of hydrogen-bond acceptors (Lipinski definition) is 3. The monoisotopic (exact) mass is 214 g/mol. The van der Waals surface area contributed by atoms with Gasteiger partial charge in [-0.15, -0.1) is 0 Å². The van der Waals surface area contributed by atoms with Crippen LogP contribution in [0.25, 0.3) is 0 Å². The summed E-state index contributed by atoms with van der Waals surface area (Å²) in [5.41, 5.74) is 1.19. The summed E-state index contributed by atoms with van der Waals surface area (Å²) in [4.78, 5) is 11.5. The van der Waals surface area contributed by atoms with E-state index in [2.05, 4.69) is 6.58 Å². The highest BCUT2D eigenvalue weighted by Gasteiger charge is 2.26. The molecule has 14 heavy (non-hydrogen) atoms. The third kappa shape index (κ3) is 3.37. The molecule has 0 aliphatic heterocycles. The minimum Gasteiger partial charge on any atom is -0.461 e. The van der Waals surface area contributed by atoms with E-state index in [1.807, 2.05) is 13.2 Å². The second-order valence-electron chi connectivity index (χ2n) is 3.90. The Kier molecular flexibility index (Phi) is 4.52. The fourth-order valence-corrected chi connectivity index (χ4v) is 1.95. The first-order chi connectivity index (χ1) is 6.63. The van der Waals surface area contributed by atoms with Gasteiger partial charge in [0.1, 0.15) is 6.10 Å². The first-order valence-electron chi connectivity index (χ1n) is 4.99. The normalized spacial score (nSPS) is 18.9. The molecule has 0 amide bonds. The second-order valence-corrected chi connectivity index (χ2v) is 4.89. The van der Waals surface area contributed by atoms with Crippen molar-refractivity contribution in [2.45, 2.75) is 32.3 Å². The van der Waals surface area contributed by atoms with Gasteiger partial charge in [0.2, 0.25) is 0 Å². The van der Waals surface area contributed by atoms with Crippen LogP contribution in [0.15, 0.2) is 12.2 Å². The largest absolute Gasteiger partial charge is 0.461 e. The average molecular weight is 214 g/mol. The topological polar surface area (TPSA) is 26.3 Å². The molecule has 2 nitrogen and oxygen atoms in total. The van der Waals surface area contributed by atoms with E-state index < -0.39 is 0 Å². The third-order valence-corrected chi connectivity index (χ3v) is 3.12. The van der Waals surface area contributed by atoms with Crippen LogP contribution in [0.1, 0.15) is 26.2 Å². The summed E-state index contributed by atoms with van der Waals surface area (Å²) in [7, 11) is 0. The lowest BCUT2D eigenvalue weighted by Crippen LogP contribution is -2.29. The van der Waals surface area contributed by atoms with Crippen molar-refractivity contribution in [2.24, 2.45) is 5.92 Å². The van der Waals surface area contributed by atoms with E-state index >= 15 is 0 Å². The van der Waals surface area contributed by atoms with Crippen LogP contribution >= 0.6 is 11.8 Å². The molecule has 1 atom stereocenters. The smallest absolute Gasteiger partial charge is 0.308 e. The summed E-state index contributed by atoms with van der Waals surface area (Å²) in [5, 5.41) is 0. The number of hydrogen-bond donors (Lipinski definition) is 0. The van der Waals surface area contributed by atoms with Gasteiger partial charge in [-0.3, -0.25) is 4.79 Å². The molecule has 0 N–H and O–H groups in total. The zero-order chi connectivity index (χ0) is 10.6. The Hall–Kier alpha value is -0.440. The number of carbonyl (C=O) groups excluding carboxylic acids is 1. The van der Waals surface area contributed by atoms with E-state index in [1.165, 1.54) is 5.57 Å². The maximum atomic E-state index is 11.5. The van der Waals surface area contributed by atoms with Crippen molar-refractivity contribution in [1.29, 1.82) is 0 Å². The molecule has 80 valence electrons. The molecule has 1 fully saturated rings. The van der Waals surface area contributed by atoms with Crippen LogP contribution in [0.3, 0.4) is 0 Å². The molecule has 1 saturated carbocycles. The van der Waals surface area contributed by atoms with Crippen molar-refractivity contribution in [1.82, 2.24) is 0 Å². The highest BCUT2D eigenvalue weighted by Crippen LogP contribution is 2.28. The first kappa shape index (κ1) is 11.6. The molecule has 1 unspecified atom stereocenters. The lowest BCUT2D eigenvalue weighted by molar-refractivity contribution is -0.155. The number of esters is 1. The van der Waals surface area contributed by atoms with Gasteiger partial charge in [-0.05, 0) is 18.4 Å². The highest BCUT2D eigenvalue weighted by molar-refractivity contribution is 7.98. The summed E-state index contributed by atoms with van der Waals surface area (Å²) < 4.78 is 5.31. The summed E-state index contributed by atoms with van der Waals surface area (Å²) in [6, 6.07) is 0. The number of ether oxygens (including phenoxy) is 1. The Morgan fingerprint density at radius 3 is 2.86 bits per heavy atom. The van der Waals surface area contributed by atoms with Gasteiger partial charge < -0.3 is 4.74 Å². The predicted molar refractivity (Wildman–Crippen MR) is 60.4 cm³/mol. The Bertz CT molecular complexity index is 217. The van der Waals surface area contributed by atoms with Crippen molar-refractivity contribution in [3.63, 3.8) is 0 Å². The second kappa shape index (κ2) is 5.44. The molecule has 0 heterocycles. The van der Waals surface area contributed by atoms with Crippen LogP contribution in [0, 0.1) is 5.92 Å². The molecule has 0 spiro atoms. The molecule has 0 aromatic rings. The van der Waals surface area contributed by atoms with Crippen molar-refractivity contribution >= 4 is 17.7 Å². The Morgan fingerprint density at radius 1 is 1.71 bits per heavy atom. The molecule has 0 radical (unpaired) electrons. The standard InChI is InChI=1S/C11H18O2S/c1-8-6-10(7-8)13-11(12)9(2)4-5-14-3/h9-10H,1,4-7H2,2-3H3. The summed E-state index contributed by atoms with van der Waals surface area (Å²) in [5.74, 6) is 1.01. The van der Waals surface area contributed by atoms with Crippen LogP contribution in [0.5, 0.6) is 0 Å². The zero-order valence-electron chi connectivity index (χ0n) is 8.91. The number of thioether (sulfide) groups is 1. The van der Waals surface area contributed by atoms with E-state index in [9.17, 15) is 4.79 Å². The van der Waals surface area contributed by atoms with Crippen LogP contribution < -0.4 is 0 Å². The van der Waals surface area contributed by atoms with Gasteiger partial charge in [0, 0.05) is 12.8 Å².